The number of halogens is 1. The summed E-state index contributed by atoms with van der Waals surface area (Å²) in [4.78, 5) is 31.7. The minimum Gasteiger partial charge on any atom is -0.291 e. The smallest absolute Gasteiger partial charge is 0.291 e. The Morgan fingerprint density at radius 2 is 1.79 bits per heavy atom. The summed E-state index contributed by atoms with van der Waals surface area (Å²) in [7, 11) is 3.11. The van der Waals surface area contributed by atoms with Crippen molar-refractivity contribution in [3.63, 3.8) is 0 Å². The highest BCUT2D eigenvalue weighted by molar-refractivity contribution is 5.74. The van der Waals surface area contributed by atoms with Crippen LogP contribution in [0.1, 0.15) is 36.6 Å². The zero-order valence-electron chi connectivity index (χ0n) is 16.1. The largest absolute Gasteiger partial charge is 0.332 e. The average Bonchev–Trinajstić information content (AvgIpc) is 2.72. The lowest BCUT2D eigenvalue weighted by Crippen LogP contribution is -2.38. The van der Waals surface area contributed by atoms with Gasteiger partial charge in [0, 0.05) is 20.6 Å². The molecule has 0 aliphatic carbocycles. The fourth-order valence-electron chi connectivity index (χ4n) is 3.99. The van der Waals surface area contributed by atoms with Crippen LogP contribution in [0.15, 0.2) is 46.0 Å². The molecule has 0 radical (unpaired) electrons. The van der Waals surface area contributed by atoms with Crippen LogP contribution in [-0.4, -0.2) is 25.6 Å². The van der Waals surface area contributed by atoms with Crippen molar-refractivity contribution in [3.05, 3.63) is 74.3 Å². The second kappa shape index (κ2) is 7.31. The molecule has 1 aliphatic heterocycles. The van der Waals surface area contributed by atoms with E-state index < -0.39 is 0 Å². The number of pyridine rings is 1. The molecule has 146 valence electrons. The Morgan fingerprint density at radius 1 is 1.04 bits per heavy atom. The van der Waals surface area contributed by atoms with Gasteiger partial charge in [-0.2, -0.15) is 0 Å². The molecule has 1 atom stereocenters. The van der Waals surface area contributed by atoms with Gasteiger partial charge in [0.05, 0.1) is 17.1 Å². The predicted octanol–water partition coefficient (Wildman–Crippen LogP) is 2.50. The van der Waals surface area contributed by atoms with Crippen molar-refractivity contribution < 1.29 is 4.39 Å². The van der Waals surface area contributed by atoms with Crippen LogP contribution in [0.5, 0.6) is 0 Å². The minimum atomic E-state index is -0.381. The number of piperidine rings is 1. The van der Waals surface area contributed by atoms with Crippen LogP contribution in [-0.2, 0) is 20.6 Å². The summed E-state index contributed by atoms with van der Waals surface area (Å²) in [5.74, 6) is -0.238. The SMILES string of the molecule is Cn1c(=O)c2ccc(C3CCCCN3Cc3ccc(F)cc3)nc2n(C)c1=O. The molecule has 3 heterocycles. The lowest BCUT2D eigenvalue weighted by atomic mass is 9.97. The number of rotatable bonds is 3. The summed E-state index contributed by atoms with van der Waals surface area (Å²) in [6, 6.07) is 10.3. The first-order valence-corrected chi connectivity index (χ1v) is 9.51. The van der Waals surface area contributed by atoms with Crippen LogP contribution in [0.4, 0.5) is 4.39 Å². The molecule has 1 unspecified atom stereocenters. The van der Waals surface area contributed by atoms with Gasteiger partial charge in [0.2, 0.25) is 0 Å². The van der Waals surface area contributed by atoms with Crippen LogP contribution < -0.4 is 11.2 Å². The molecule has 28 heavy (non-hydrogen) atoms. The average molecular weight is 382 g/mol. The minimum absolute atomic E-state index is 0.0994. The molecule has 0 saturated carbocycles. The normalized spacial score (nSPS) is 17.9. The summed E-state index contributed by atoms with van der Waals surface area (Å²) in [5.41, 5.74) is 1.61. The topological polar surface area (TPSA) is 60.1 Å². The van der Waals surface area contributed by atoms with Crippen molar-refractivity contribution >= 4 is 11.0 Å². The van der Waals surface area contributed by atoms with Gasteiger partial charge in [0.15, 0.2) is 0 Å². The van der Waals surface area contributed by atoms with Crippen LogP contribution >= 0.6 is 0 Å². The molecule has 0 bridgehead atoms. The van der Waals surface area contributed by atoms with Crippen LogP contribution in [0.2, 0.25) is 0 Å². The second-order valence-electron chi connectivity index (χ2n) is 7.42. The van der Waals surface area contributed by atoms with Gasteiger partial charge in [0.25, 0.3) is 5.56 Å². The van der Waals surface area contributed by atoms with Crippen molar-refractivity contribution in [2.24, 2.45) is 14.1 Å². The van der Waals surface area contributed by atoms with E-state index in [0.29, 0.717) is 17.6 Å². The Balaban J connectivity index is 1.73. The maximum Gasteiger partial charge on any atom is 0.332 e. The highest BCUT2D eigenvalue weighted by atomic mass is 19.1. The second-order valence-corrected chi connectivity index (χ2v) is 7.42. The number of nitrogens with zero attached hydrogens (tertiary/aromatic N) is 4. The summed E-state index contributed by atoms with van der Waals surface area (Å²) >= 11 is 0. The van der Waals surface area contributed by atoms with Crippen LogP contribution in [0, 0.1) is 5.82 Å². The predicted molar refractivity (Wildman–Crippen MR) is 106 cm³/mol. The molecule has 4 rings (SSSR count). The van der Waals surface area contributed by atoms with Gasteiger partial charge in [-0.25, -0.2) is 14.2 Å². The number of aryl methyl sites for hydroxylation is 1. The summed E-state index contributed by atoms with van der Waals surface area (Å²) in [6.07, 6.45) is 3.16. The fraction of sp³-hybridized carbons (Fsp3) is 0.381. The summed E-state index contributed by atoms with van der Waals surface area (Å²) in [5, 5.41) is 0.439. The van der Waals surface area contributed by atoms with E-state index in [4.69, 9.17) is 4.98 Å². The van der Waals surface area contributed by atoms with E-state index in [-0.39, 0.29) is 23.1 Å². The van der Waals surface area contributed by atoms with Gasteiger partial charge in [-0.3, -0.25) is 18.8 Å². The van der Waals surface area contributed by atoms with E-state index >= 15 is 0 Å². The van der Waals surface area contributed by atoms with E-state index in [1.807, 2.05) is 18.2 Å². The zero-order valence-corrected chi connectivity index (χ0v) is 16.1. The molecule has 1 fully saturated rings. The number of fused-ring (bicyclic) bond motifs is 1. The van der Waals surface area contributed by atoms with Crippen LogP contribution in [0.3, 0.4) is 0 Å². The van der Waals surface area contributed by atoms with Gasteiger partial charge >= 0.3 is 5.69 Å². The Labute approximate surface area is 161 Å². The van der Waals surface area contributed by atoms with Gasteiger partial charge in [0.1, 0.15) is 11.5 Å². The van der Waals surface area contributed by atoms with Crippen LogP contribution in [0.25, 0.3) is 11.0 Å². The number of likely N-dealkylation sites (tertiary alicyclic amines) is 1. The van der Waals surface area contributed by atoms with Gasteiger partial charge in [-0.1, -0.05) is 18.6 Å². The zero-order chi connectivity index (χ0) is 19.8. The summed E-state index contributed by atoms with van der Waals surface area (Å²) < 4.78 is 15.7. The molecule has 2 aromatic heterocycles. The van der Waals surface area contributed by atoms with Gasteiger partial charge in [-0.05, 0) is 49.2 Å². The maximum atomic E-state index is 13.2. The molecule has 6 nitrogen and oxygen atoms in total. The molecule has 0 N–H and O–H groups in total. The van der Waals surface area contributed by atoms with E-state index in [2.05, 4.69) is 4.90 Å². The number of hydrogen-bond acceptors (Lipinski definition) is 4. The highest BCUT2D eigenvalue weighted by Crippen LogP contribution is 2.31. The molecule has 1 aliphatic rings. The first-order valence-electron chi connectivity index (χ1n) is 9.51. The monoisotopic (exact) mass is 382 g/mol. The van der Waals surface area contributed by atoms with Crippen molar-refractivity contribution in [1.29, 1.82) is 0 Å². The first-order chi connectivity index (χ1) is 13.5. The van der Waals surface area contributed by atoms with Crippen molar-refractivity contribution in [1.82, 2.24) is 19.0 Å². The quantitative estimate of drug-likeness (QED) is 0.698. The third-order valence-corrected chi connectivity index (χ3v) is 5.58. The van der Waals surface area contributed by atoms with E-state index in [1.165, 1.54) is 23.7 Å². The third kappa shape index (κ3) is 3.26. The summed E-state index contributed by atoms with van der Waals surface area (Å²) in [6.45, 7) is 1.64. The molecule has 7 heteroatoms. The Bertz CT molecular complexity index is 1130. The lowest BCUT2D eigenvalue weighted by Gasteiger charge is -2.35. The molecule has 3 aromatic rings. The number of benzene rings is 1. The first kappa shape index (κ1) is 18.6. The number of aromatic nitrogens is 3. The fourth-order valence-corrected chi connectivity index (χ4v) is 3.99. The van der Waals surface area contributed by atoms with Gasteiger partial charge < -0.3 is 0 Å². The Hall–Kier alpha value is -2.80. The lowest BCUT2D eigenvalue weighted by molar-refractivity contribution is 0.137. The Kier molecular flexibility index (Phi) is 4.85. The molecule has 0 spiro atoms. The number of hydrogen-bond donors (Lipinski definition) is 0. The molecular weight excluding hydrogens is 359 g/mol. The van der Waals surface area contributed by atoms with E-state index in [9.17, 15) is 14.0 Å². The molecule has 1 saturated heterocycles. The Morgan fingerprint density at radius 3 is 2.54 bits per heavy atom. The standard InChI is InChI=1S/C21H23FN4O2/c1-24-19-16(20(27)25(2)21(24)28)10-11-17(23-19)18-5-3-4-12-26(18)13-14-6-8-15(22)9-7-14/h6-11,18H,3-5,12-13H2,1-2H3. The molecule has 0 amide bonds. The maximum absolute atomic E-state index is 13.2. The van der Waals surface area contributed by atoms with E-state index in [1.54, 1.807) is 13.1 Å². The van der Waals surface area contributed by atoms with Gasteiger partial charge in [-0.15, -0.1) is 0 Å². The van der Waals surface area contributed by atoms with Crippen molar-refractivity contribution in [2.75, 3.05) is 6.54 Å². The molecule has 1 aromatic carbocycles. The van der Waals surface area contributed by atoms with E-state index in [0.717, 1.165) is 41.6 Å². The van der Waals surface area contributed by atoms with Crippen molar-refractivity contribution in [3.8, 4) is 0 Å². The highest BCUT2D eigenvalue weighted by Gasteiger charge is 2.26. The van der Waals surface area contributed by atoms with Crippen molar-refractivity contribution in [2.45, 2.75) is 31.8 Å². The third-order valence-electron chi connectivity index (χ3n) is 5.58. The molecular formula is C21H23FN4O2.